The predicted octanol–water partition coefficient (Wildman–Crippen LogP) is 4.31. The van der Waals surface area contributed by atoms with Crippen LogP contribution in [0, 0.1) is 17.1 Å². The lowest BCUT2D eigenvalue weighted by atomic mass is 10.2. The molecule has 148 valence electrons. The van der Waals surface area contributed by atoms with Crippen LogP contribution in [0.5, 0.6) is 5.75 Å². The summed E-state index contributed by atoms with van der Waals surface area (Å²) in [5, 5.41) is 11.7. The first-order valence-electron chi connectivity index (χ1n) is 8.94. The van der Waals surface area contributed by atoms with E-state index in [1.54, 1.807) is 54.9 Å². The highest BCUT2D eigenvalue weighted by Crippen LogP contribution is 2.21. The summed E-state index contributed by atoms with van der Waals surface area (Å²) in [5.74, 6) is -0.129. The van der Waals surface area contributed by atoms with Gasteiger partial charge >= 0.3 is 0 Å². The Labute approximate surface area is 171 Å². The SMILES string of the molecule is N#Cc1ccccc1OCc1ccc(C(=O)Nc2ccc(-n3ccnc3)c(F)c2)o1. The van der Waals surface area contributed by atoms with Crippen molar-refractivity contribution in [1.82, 2.24) is 9.55 Å². The van der Waals surface area contributed by atoms with Crippen LogP contribution >= 0.6 is 0 Å². The largest absolute Gasteiger partial charge is 0.484 e. The fourth-order valence-electron chi connectivity index (χ4n) is 2.80. The van der Waals surface area contributed by atoms with E-state index in [9.17, 15) is 9.18 Å². The highest BCUT2D eigenvalue weighted by atomic mass is 19.1. The zero-order chi connectivity index (χ0) is 20.9. The van der Waals surface area contributed by atoms with Gasteiger partial charge in [-0.2, -0.15) is 5.26 Å². The number of amides is 1. The third kappa shape index (κ3) is 4.05. The number of anilines is 1. The third-order valence-electron chi connectivity index (χ3n) is 4.25. The molecule has 0 aliphatic carbocycles. The highest BCUT2D eigenvalue weighted by Gasteiger charge is 2.14. The van der Waals surface area contributed by atoms with Crippen LogP contribution < -0.4 is 10.1 Å². The normalized spacial score (nSPS) is 10.4. The van der Waals surface area contributed by atoms with Crippen LogP contribution in [0.25, 0.3) is 5.69 Å². The Morgan fingerprint density at radius 2 is 2.10 bits per heavy atom. The first-order chi connectivity index (χ1) is 14.6. The van der Waals surface area contributed by atoms with Gasteiger partial charge in [-0.05, 0) is 42.5 Å². The zero-order valence-corrected chi connectivity index (χ0v) is 15.6. The maximum atomic E-state index is 14.3. The van der Waals surface area contributed by atoms with Crippen molar-refractivity contribution in [1.29, 1.82) is 5.26 Å². The lowest BCUT2D eigenvalue weighted by Gasteiger charge is -2.08. The molecule has 30 heavy (non-hydrogen) atoms. The number of carbonyl (C=O) groups excluding carboxylic acids is 1. The summed E-state index contributed by atoms with van der Waals surface area (Å²) in [7, 11) is 0. The van der Waals surface area contributed by atoms with Crippen LogP contribution in [-0.2, 0) is 6.61 Å². The van der Waals surface area contributed by atoms with Crippen LogP contribution in [0.15, 0.2) is 77.7 Å². The van der Waals surface area contributed by atoms with E-state index in [1.165, 1.54) is 23.0 Å². The van der Waals surface area contributed by atoms with E-state index in [4.69, 9.17) is 14.4 Å². The minimum Gasteiger partial charge on any atom is -0.484 e. The van der Waals surface area contributed by atoms with Crippen molar-refractivity contribution in [2.45, 2.75) is 6.61 Å². The number of ether oxygens (including phenoxy) is 1. The molecule has 0 aliphatic heterocycles. The molecule has 0 bridgehead atoms. The minimum absolute atomic E-state index is 0.0558. The van der Waals surface area contributed by atoms with Gasteiger partial charge in [-0.1, -0.05) is 12.1 Å². The molecule has 0 unspecified atom stereocenters. The van der Waals surface area contributed by atoms with Crippen LogP contribution in [-0.4, -0.2) is 15.5 Å². The number of hydrogen-bond donors (Lipinski definition) is 1. The molecule has 2 aromatic heterocycles. The van der Waals surface area contributed by atoms with Crippen molar-refractivity contribution >= 4 is 11.6 Å². The first kappa shape index (κ1) is 19.0. The monoisotopic (exact) mass is 402 g/mol. The molecule has 7 nitrogen and oxygen atoms in total. The van der Waals surface area contributed by atoms with E-state index in [2.05, 4.69) is 10.3 Å². The summed E-state index contributed by atoms with van der Waals surface area (Å²) in [5.41, 5.74) is 1.02. The van der Waals surface area contributed by atoms with E-state index in [0.29, 0.717) is 28.4 Å². The second-order valence-electron chi connectivity index (χ2n) is 6.25. The van der Waals surface area contributed by atoms with E-state index < -0.39 is 11.7 Å². The molecule has 8 heteroatoms. The van der Waals surface area contributed by atoms with Gasteiger partial charge in [0.05, 0.1) is 17.6 Å². The van der Waals surface area contributed by atoms with Crippen LogP contribution in [0.3, 0.4) is 0 Å². The maximum Gasteiger partial charge on any atom is 0.291 e. The number of nitrogens with one attached hydrogen (secondary N) is 1. The number of imidazole rings is 1. The summed E-state index contributed by atoms with van der Waals surface area (Å²) in [6.45, 7) is 0.0558. The fraction of sp³-hybridized carbons (Fsp3) is 0.0455. The number of rotatable bonds is 6. The molecule has 0 atom stereocenters. The van der Waals surface area contributed by atoms with Crippen molar-refractivity contribution in [2.75, 3.05) is 5.32 Å². The fourth-order valence-corrected chi connectivity index (χ4v) is 2.80. The number of benzene rings is 2. The standard InChI is InChI=1S/C22H15FN4O3/c23-18-11-16(5-7-19(18)27-10-9-25-14-27)26-22(28)21-8-6-17(30-21)13-29-20-4-2-1-3-15(20)12-24/h1-11,14H,13H2,(H,26,28). The van der Waals surface area contributed by atoms with Gasteiger partial charge in [-0.15, -0.1) is 0 Å². The molecular formula is C22H15FN4O3. The highest BCUT2D eigenvalue weighted by molar-refractivity contribution is 6.02. The summed E-state index contributed by atoms with van der Waals surface area (Å²) in [6.07, 6.45) is 4.66. The minimum atomic E-state index is -0.520. The Kier molecular flexibility index (Phi) is 5.26. The molecule has 2 aromatic carbocycles. The molecule has 2 heterocycles. The van der Waals surface area contributed by atoms with Crippen LogP contribution in [0.4, 0.5) is 10.1 Å². The van der Waals surface area contributed by atoms with Crippen molar-refractivity contribution < 1.29 is 18.3 Å². The molecule has 0 spiro atoms. The Morgan fingerprint density at radius 1 is 1.23 bits per heavy atom. The molecule has 0 aliphatic rings. The first-order valence-corrected chi connectivity index (χ1v) is 8.94. The van der Waals surface area contributed by atoms with Crippen LogP contribution in [0.2, 0.25) is 0 Å². The Bertz CT molecular complexity index is 1230. The van der Waals surface area contributed by atoms with Crippen LogP contribution in [0.1, 0.15) is 21.9 Å². The molecule has 0 saturated heterocycles. The van der Waals surface area contributed by atoms with Crippen molar-refractivity contribution in [2.24, 2.45) is 0 Å². The Morgan fingerprint density at radius 3 is 2.87 bits per heavy atom. The molecule has 0 saturated carbocycles. The second-order valence-corrected chi connectivity index (χ2v) is 6.25. The summed E-state index contributed by atoms with van der Waals surface area (Å²) >= 11 is 0. The second kappa shape index (κ2) is 8.32. The number of furan rings is 1. The number of nitriles is 1. The Balaban J connectivity index is 1.41. The number of halogens is 1. The average molecular weight is 402 g/mol. The Hall–Kier alpha value is -4.38. The van der Waals surface area contributed by atoms with E-state index >= 15 is 0 Å². The maximum absolute atomic E-state index is 14.3. The lowest BCUT2D eigenvalue weighted by Crippen LogP contribution is -2.11. The van der Waals surface area contributed by atoms with Gasteiger partial charge in [0.15, 0.2) is 5.76 Å². The van der Waals surface area contributed by atoms with Gasteiger partial charge in [0.1, 0.15) is 30.0 Å². The number of aromatic nitrogens is 2. The molecule has 4 rings (SSSR count). The average Bonchev–Trinajstić information content (AvgIpc) is 3.45. The molecule has 4 aromatic rings. The number of hydrogen-bond acceptors (Lipinski definition) is 5. The van der Waals surface area contributed by atoms with Gasteiger partial charge in [0.2, 0.25) is 0 Å². The van der Waals surface area contributed by atoms with Crippen molar-refractivity contribution in [3.8, 4) is 17.5 Å². The number of carbonyl (C=O) groups is 1. The molecule has 0 fully saturated rings. The van der Waals surface area contributed by atoms with E-state index in [0.717, 1.165) is 0 Å². The van der Waals surface area contributed by atoms with Crippen molar-refractivity contribution in [3.63, 3.8) is 0 Å². The van der Waals surface area contributed by atoms with Gasteiger partial charge < -0.3 is 19.0 Å². The van der Waals surface area contributed by atoms with E-state index in [1.807, 2.05) is 6.07 Å². The quantitative estimate of drug-likeness (QED) is 0.519. The van der Waals surface area contributed by atoms with Gasteiger partial charge in [-0.25, -0.2) is 9.37 Å². The molecule has 1 amide bonds. The number of nitrogens with zero attached hydrogens (tertiary/aromatic N) is 3. The number of para-hydroxylation sites is 1. The predicted molar refractivity (Wildman–Crippen MR) is 106 cm³/mol. The van der Waals surface area contributed by atoms with Gasteiger partial charge in [-0.3, -0.25) is 4.79 Å². The smallest absolute Gasteiger partial charge is 0.291 e. The zero-order valence-electron chi connectivity index (χ0n) is 15.6. The molecule has 1 N–H and O–H groups in total. The van der Waals surface area contributed by atoms with Gasteiger partial charge in [0.25, 0.3) is 5.91 Å². The molecule has 0 radical (unpaired) electrons. The van der Waals surface area contributed by atoms with Gasteiger partial charge in [0, 0.05) is 18.1 Å². The lowest BCUT2D eigenvalue weighted by molar-refractivity contribution is 0.0992. The van der Waals surface area contributed by atoms with Crippen molar-refractivity contribution in [3.05, 3.63) is 96.2 Å². The summed E-state index contributed by atoms with van der Waals surface area (Å²) < 4.78 is 26.9. The summed E-state index contributed by atoms with van der Waals surface area (Å²) in [4.78, 5) is 16.3. The summed E-state index contributed by atoms with van der Waals surface area (Å²) in [6, 6.07) is 16.3. The third-order valence-corrected chi connectivity index (χ3v) is 4.25. The van der Waals surface area contributed by atoms with E-state index in [-0.39, 0.29) is 12.4 Å². The molecular weight excluding hydrogens is 387 g/mol. The topological polar surface area (TPSA) is 93.1 Å².